The topological polar surface area (TPSA) is 17.1 Å². The number of hydrogen-bond acceptors (Lipinski definition) is 2. The molecule has 0 aromatic heterocycles. The largest absolute Gasteiger partial charge is 0.293 e. The van der Waals surface area contributed by atoms with Crippen molar-refractivity contribution >= 4 is 17.5 Å². The predicted molar refractivity (Wildman–Crippen MR) is 74.6 cm³/mol. The minimum atomic E-state index is -0.959. The van der Waals surface area contributed by atoms with Crippen molar-refractivity contribution in [2.75, 3.05) is 5.75 Å². The van der Waals surface area contributed by atoms with E-state index in [0.29, 0.717) is 5.92 Å². The molecule has 1 nitrogen and oxygen atoms in total. The third-order valence-corrected chi connectivity index (χ3v) is 5.01. The van der Waals surface area contributed by atoms with Gasteiger partial charge in [-0.2, -0.15) is 11.8 Å². The highest BCUT2D eigenvalue weighted by molar-refractivity contribution is 8.00. The van der Waals surface area contributed by atoms with Crippen LogP contribution in [0.1, 0.15) is 43.0 Å². The van der Waals surface area contributed by atoms with E-state index in [-0.39, 0.29) is 16.6 Å². The Morgan fingerprint density at radius 3 is 2.63 bits per heavy atom. The highest BCUT2D eigenvalue weighted by Gasteiger charge is 2.21. The molecule has 1 saturated carbocycles. The number of Topliss-reactive ketones (excluding diaryl/α,β-unsaturated/α-hetero) is 1. The molecule has 19 heavy (non-hydrogen) atoms. The van der Waals surface area contributed by atoms with Crippen LogP contribution in [0.5, 0.6) is 0 Å². The van der Waals surface area contributed by atoms with Crippen molar-refractivity contribution in [3.63, 3.8) is 0 Å². The van der Waals surface area contributed by atoms with Crippen LogP contribution < -0.4 is 0 Å². The van der Waals surface area contributed by atoms with Gasteiger partial charge in [-0.3, -0.25) is 4.79 Å². The molecule has 0 N–H and O–H groups in total. The van der Waals surface area contributed by atoms with Crippen molar-refractivity contribution in [1.82, 2.24) is 0 Å². The van der Waals surface area contributed by atoms with E-state index in [4.69, 9.17) is 0 Å². The first-order valence-corrected chi connectivity index (χ1v) is 7.73. The molecule has 104 valence electrons. The van der Waals surface area contributed by atoms with E-state index >= 15 is 0 Å². The molecule has 1 aliphatic rings. The number of benzene rings is 1. The molecular weight excluding hydrogens is 266 g/mol. The van der Waals surface area contributed by atoms with E-state index in [0.717, 1.165) is 17.9 Å². The van der Waals surface area contributed by atoms with Crippen molar-refractivity contribution in [3.8, 4) is 0 Å². The average molecular weight is 284 g/mol. The summed E-state index contributed by atoms with van der Waals surface area (Å²) in [6, 6.07) is 3.36. The fraction of sp³-hybridized carbons (Fsp3) is 0.533. The standard InChI is InChI=1S/C15H18F2OS/c1-10(19-9-11-4-2-3-5-11)15(18)12-6-7-13(16)14(17)8-12/h6-8,10-11H,2-5,9H2,1H3. The Kier molecular flexibility index (Phi) is 4.97. The predicted octanol–water partition coefficient (Wildman–Crippen LogP) is 4.46. The van der Waals surface area contributed by atoms with Crippen LogP contribution in [0.25, 0.3) is 0 Å². The quantitative estimate of drug-likeness (QED) is 0.743. The van der Waals surface area contributed by atoms with Gasteiger partial charge in [0.1, 0.15) is 0 Å². The maximum absolute atomic E-state index is 13.1. The van der Waals surface area contributed by atoms with E-state index in [9.17, 15) is 13.6 Å². The lowest BCUT2D eigenvalue weighted by Gasteiger charge is -2.13. The van der Waals surface area contributed by atoms with Crippen LogP contribution in [-0.2, 0) is 0 Å². The van der Waals surface area contributed by atoms with Gasteiger partial charge in [0.15, 0.2) is 17.4 Å². The van der Waals surface area contributed by atoms with Crippen molar-refractivity contribution in [2.45, 2.75) is 37.9 Å². The van der Waals surface area contributed by atoms with Gasteiger partial charge in [-0.15, -0.1) is 0 Å². The lowest BCUT2D eigenvalue weighted by atomic mass is 10.1. The summed E-state index contributed by atoms with van der Waals surface area (Å²) in [5, 5.41) is -0.203. The number of halogens is 2. The normalized spacial score (nSPS) is 17.6. The Balaban J connectivity index is 1.92. The van der Waals surface area contributed by atoms with E-state index < -0.39 is 11.6 Å². The van der Waals surface area contributed by atoms with Gasteiger partial charge in [0.25, 0.3) is 0 Å². The SMILES string of the molecule is CC(SCC1CCCC1)C(=O)c1ccc(F)c(F)c1. The summed E-state index contributed by atoms with van der Waals surface area (Å²) in [5.74, 6) is -0.301. The number of hydrogen-bond donors (Lipinski definition) is 0. The van der Waals surface area contributed by atoms with Gasteiger partial charge < -0.3 is 0 Å². The number of thioether (sulfide) groups is 1. The lowest BCUT2D eigenvalue weighted by molar-refractivity contribution is 0.0993. The summed E-state index contributed by atoms with van der Waals surface area (Å²) in [7, 11) is 0. The molecule has 0 spiro atoms. The molecule has 4 heteroatoms. The first kappa shape index (κ1) is 14.5. The second-order valence-corrected chi connectivity index (χ2v) is 6.49. The summed E-state index contributed by atoms with van der Waals surface area (Å²) in [5.41, 5.74) is 0.255. The summed E-state index contributed by atoms with van der Waals surface area (Å²) >= 11 is 1.62. The Morgan fingerprint density at radius 1 is 1.32 bits per heavy atom. The van der Waals surface area contributed by atoms with Gasteiger partial charge in [-0.05, 0) is 49.6 Å². The number of carbonyl (C=O) groups is 1. The average Bonchev–Trinajstić information content (AvgIpc) is 2.91. The molecule has 0 saturated heterocycles. The molecule has 2 rings (SSSR count). The summed E-state index contributed by atoms with van der Waals surface area (Å²) < 4.78 is 25.9. The number of carbonyl (C=O) groups excluding carboxylic acids is 1. The van der Waals surface area contributed by atoms with E-state index in [1.54, 1.807) is 11.8 Å². The lowest BCUT2D eigenvalue weighted by Crippen LogP contribution is -2.16. The first-order valence-electron chi connectivity index (χ1n) is 6.69. The molecule has 0 bridgehead atoms. The smallest absolute Gasteiger partial charge is 0.175 e. The zero-order valence-electron chi connectivity index (χ0n) is 11.0. The second kappa shape index (κ2) is 6.51. The highest BCUT2D eigenvalue weighted by atomic mass is 32.2. The summed E-state index contributed by atoms with van der Waals surface area (Å²) in [6.07, 6.45) is 5.08. The van der Waals surface area contributed by atoms with Crippen molar-refractivity contribution < 1.29 is 13.6 Å². The Morgan fingerprint density at radius 2 is 2.00 bits per heavy atom. The molecular formula is C15H18F2OS. The molecule has 0 amide bonds. The van der Waals surface area contributed by atoms with Crippen LogP contribution in [0.3, 0.4) is 0 Å². The van der Waals surface area contributed by atoms with Crippen molar-refractivity contribution in [3.05, 3.63) is 35.4 Å². The van der Waals surface area contributed by atoms with Gasteiger partial charge in [-0.1, -0.05) is 12.8 Å². The molecule has 1 unspecified atom stereocenters. The minimum absolute atomic E-state index is 0.123. The van der Waals surface area contributed by atoms with E-state index in [1.807, 2.05) is 6.92 Å². The van der Waals surface area contributed by atoms with E-state index in [2.05, 4.69) is 0 Å². The van der Waals surface area contributed by atoms with E-state index in [1.165, 1.54) is 31.7 Å². The zero-order valence-corrected chi connectivity index (χ0v) is 11.8. The third-order valence-electron chi connectivity index (χ3n) is 3.63. The molecule has 1 atom stereocenters. The van der Waals surface area contributed by atoms with Gasteiger partial charge in [0, 0.05) is 5.56 Å². The van der Waals surface area contributed by atoms with Crippen LogP contribution in [0.15, 0.2) is 18.2 Å². The van der Waals surface area contributed by atoms with Gasteiger partial charge in [0.05, 0.1) is 5.25 Å². The fourth-order valence-electron chi connectivity index (χ4n) is 2.42. The van der Waals surface area contributed by atoms with Crippen LogP contribution in [0.4, 0.5) is 8.78 Å². The first-order chi connectivity index (χ1) is 9.08. The van der Waals surface area contributed by atoms with Crippen LogP contribution >= 0.6 is 11.8 Å². The van der Waals surface area contributed by atoms with Crippen molar-refractivity contribution in [1.29, 1.82) is 0 Å². The van der Waals surface area contributed by atoms with Crippen LogP contribution in [0.2, 0.25) is 0 Å². The Hall–Kier alpha value is -0.900. The second-order valence-electron chi connectivity index (χ2n) is 5.12. The molecule has 1 aromatic carbocycles. The molecule has 0 heterocycles. The summed E-state index contributed by atoms with van der Waals surface area (Å²) in [4.78, 5) is 12.1. The van der Waals surface area contributed by atoms with Crippen LogP contribution in [-0.4, -0.2) is 16.8 Å². The van der Waals surface area contributed by atoms with Gasteiger partial charge in [0.2, 0.25) is 0 Å². The third kappa shape index (κ3) is 3.78. The van der Waals surface area contributed by atoms with Crippen molar-refractivity contribution in [2.24, 2.45) is 5.92 Å². The summed E-state index contributed by atoms with van der Waals surface area (Å²) in [6.45, 7) is 1.84. The number of rotatable bonds is 5. The Labute approximate surface area is 116 Å². The highest BCUT2D eigenvalue weighted by Crippen LogP contribution is 2.30. The number of ketones is 1. The minimum Gasteiger partial charge on any atom is -0.293 e. The van der Waals surface area contributed by atoms with Gasteiger partial charge >= 0.3 is 0 Å². The molecule has 0 radical (unpaired) electrons. The maximum Gasteiger partial charge on any atom is 0.175 e. The Bertz CT molecular complexity index is 455. The molecule has 0 aliphatic heterocycles. The molecule has 1 fully saturated rings. The molecule has 1 aromatic rings. The fourth-order valence-corrected chi connectivity index (χ4v) is 3.60. The van der Waals surface area contributed by atoms with Gasteiger partial charge in [-0.25, -0.2) is 8.78 Å². The van der Waals surface area contributed by atoms with Crippen LogP contribution in [0, 0.1) is 17.6 Å². The monoisotopic (exact) mass is 284 g/mol. The molecule has 1 aliphatic carbocycles. The zero-order chi connectivity index (χ0) is 13.8. The maximum atomic E-state index is 13.1.